The summed E-state index contributed by atoms with van der Waals surface area (Å²) in [5.41, 5.74) is -0.978. The van der Waals surface area contributed by atoms with Crippen molar-refractivity contribution in [2.45, 2.75) is 17.9 Å². The third-order valence-corrected chi connectivity index (χ3v) is 3.12. The van der Waals surface area contributed by atoms with Crippen molar-refractivity contribution in [1.29, 1.82) is 0 Å². The minimum atomic E-state index is -4.49. The quantitative estimate of drug-likeness (QED) is 0.849. The number of hydrogen-bond acceptors (Lipinski definition) is 2. The largest absolute Gasteiger partial charge is 0.508 e. The lowest BCUT2D eigenvalue weighted by atomic mass is 10.0. The third kappa shape index (κ3) is 2.75. The number of Topliss-reactive ketones (excluding diaryl/α,β-unsaturated/α-hetero) is 1. The van der Waals surface area contributed by atoms with E-state index in [4.69, 9.17) is 0 Å². The fourth-order valence-electron chi connectivity index (χ4n) is 1.15. The van der Waals surface area contributed by atoms with Crippen LogP contribution in [0.1, 0.15) is 22.9 Å². The predicted molar refractivity (Wildman–Crippen MR) is 55.5 cm³/mol. The second-order valence-electron chi connectivity index (χ2n) is 3.24. The van der Waals surface area contributed by atoms with Crippen LogP contribution in [0.2, 0.25) is 0 Å². The molecule has 0 amide bonds. The number of carbonyl (C=O) groups excluding carboxylic acids is 1. The predicted octanol–water partition coefficient (Wildman–Crippen LogP) is 3.44. The summed E-state index contributed by atoms with van der Waals surface area (Å²) in [7, 11) is 0. The first-order chi connectivity index (χ1) is 7.23. The van der Waals surface area contributed by atoms with Crippen LogP contribution in [0, 0.1) is 0 Å². The minimum absolute atomic E-state index is 0.0812. The first-order valence-corrected chi connectivity index (χ1v) is 5.19. The number of rotatable bonds is 2. The van der Waals surface area contributed by atoms with E-state index in [9.17, 15) is 23.1 Å². The van der Waals surface area contributed by atoms with Crippen LogP contribution in [-0.2, 0) is 11.0 Å². The molecular formula is C10H8BrF3O2. The summed E-state index contributed by atoms with van der Waals surface area (Å²) < 4.78 is 37.1. The molecule has 1 N–H and O–H groups in total. The Morgan fingerprint density at radius 2 is 2.00 bits per heavy atom. The molecule has 0 spiro atoms. The smallest absolute Gasteiger partial charge is 0.416 e. The van der Waals surface area contributed by atoms with Gasteiger partial charge in [0.05, 0.1) is 5.56 Å². The van der Waals surface area contributed by atoms with Gasteiger partial charge in [-0.15, -0.1) is 0 Å². The SMILES string of the molecule is CC(=O)C(Br)c1cc(C(F)(F)F)ccc1O. The van der Waals surface area contributed by atoms with Gasteiger partial charge in [-0.1, -0.05) is 15.9 Å². The van der Waals surface area contributed by atoms with E-state index >= 15 is 0 Å². The second kappa shape index (κ2) is 4.45. The van der Waals surface area contributed by atoms with Crippen LogP contribution >= 0.6 is 15.9 Å². The molecule has 0 aliphatic carbocycles. The lowest BCUT2D eigenvalue weighted by Crippen LogP contribution is -2.08. The fourth-order valence-corrected chi connectivity index (χ4v) is 1.52. The van der Waals surface area contributed by atoms with Crippen LogP contribution in [-0.4, -0.2) is 10.9 Å². The molecule has 0 radical (unpaired) electrons. The van der Waals surface area contributed by atoms with Crippen LogP contribution in [0.4, 0.5) is 13.2 Å². The van der Waals surface area contributed by atoms with E-state index < -0.39 is 16.6 Å². The molecule has 0 aromatic heterocycles. The zero-order valence-corrected chi connectivity index (χ0v) is 9.76. The molecule has 0 fully saturated rings. The van der Waals surface area contributed by atoms with Gasteiger partial charge in [-0.3, -0.25) is 4.79 Å². The summed E-state index contributed by atoms with van der Waals surface area (Å²) in [6.07, 6.45) is -4.49. The van der Waals surface area contributed by atoms with E-state index in [1.807, 2.05) is 0 Å². The van der Waals surface area contributed by atoms with E-state index in [1.54, 1.807) is 0 Å². The van der Waals surface area contributed by atoms with Crippen molar-refractivity contribution in [1.82, 2.24) is 0 Å². The number of carbonyl (C=O) groups is 1. The van der Waals surface area contributed by atoms with E-state index in [1.165, 1.54) is 6.92 Å². The van der Waals surface area contributed by atoms with Gasteiger partial charge in [-0.05, 0) is 25.1 Å². The Bertz CT molecular complexity index is 415. The van der Waals surface area contributed by atoms with Gasteiger partial charge in [-0.2, -0.15) is 13.2 Å². The Morgan fingerprint density at radius 3 is 2.44 bits per heavy atom. The fraction of sp³-hybridized carbons (Fsp3) is 0.300. The van der Waals surface area contributed by atoms with Gasteiger partial charge in [0.2, 0.25) is 0 Å². The highest BCUT2D eigenvalue weighted by Gasteiger charge is 2.32. The van der Waals surface area contributed by atoms with Crippen LogP contribution in [0.15, 0.2) is 18.2 Å². The summed E-state index contributed by atoms with van der Waals surface area (Å²) in [6.45, 7) is 1.22. The average molecular weight is 297 g/mol. The first-order valence-electron chi connectivity index (χ1n) is 4.28. The maximum atomic E-state index is 12.4. The third-order valence-electron chi connectivity index (χ3n) is 1.98. The Kier molecular flexibility index (Phi) is 3.62. The van der Waals surface area contributed by atoms with Gasteiger partial charge in [0.1, 0.15) is 16.4 Å². The molecule has 1 aromatic carbocycles. The molecule has 1 unspecified atom stereocenters. The normalized spacial score (nSPS) is 13.6. The second-order valence-corrected chi connectivity index (χ2v) is 4.16. The van der Waals surface area contributed by atoms with E-state index in [0.717, 1.165) is 18.2 Å². The standard InChI is InChI=1S/C10H8BrF3O2/c1-5(15)9(11)7-4-6(10(12,13)14)2-3-8(7)16/h2-4,9,16H,1H3. The summed E-state index contributed by atoms with van der Waals surface area (Å²) in [4.78, 5) is 10.1. The highest BCUT2D eigenvalue weighted by Crippen LogP contribution is 2.37. The van der Waals surface area contributed by atoms with Crippen molar-refractivity contribution < 1.29 is 23.1 Å². The minimum Gasteiger partial charge on any atom is -0.508 e. The van der Waals surface area contributed by atoms with Gasteiger partial charge < -0.3 is 5.11 Å². The molecule has 0 saturated carbocycles. The zero-order chi connectivity index (χ0) is 12.5. The Morgan fingerprint density at radius 1 is 1.44 bits per heavy atom. The number of phenolic OH excluding ortho intramolecular Hbond substituents is 1. The van der Waals surface area contributed by atoms with E-state index in [-0.39, 0.29) is 17.1 Å². The number of ketones is 1. The zero-order valence-electron chi connectivity index (χ0n) is 8.18. The van der Waals surface area contributed by atoms with Crippen molar-refractivity contribution in [3.8, 4) is 5.75 Å². The molecule has 88 valence electrons. The van der Waals surface area contributed by atoms with Crippen LogP contribution in [0.3, 0.4) is 0 Å². The number of benzene rings is 1. The molecule has 0 heterocycles. The number of alkyl halides is 4. The molecule has 0 aliphatic heterocycles. The van der Waals surface area contributed by atoms with Crippen molar-refractivity contribution in [3.05, 3.63) is 29.3 Å². The van der Waals surface area contributed by atoms with Gasteiger partial charge in [0, 0.05) is 5.56 Å². The molecule has 6 heteroatoms. The highest BCUT2D eigenvalue weighted by molar-refractivity contribution is 9.09. The Balaban J connectivity index is 3.24. The number of aromatic hydroxyl groups is 1. The molecule has 1 aromatic rings. The number of phenols is 1. The molecular weight excluding hydrogens is 289 g/mol. The van der Waals surface area contributed by atoms with Crippen molar-refractivity contribution in [3.63, 3.8) is 0 Å². The molecule has 0 saturated heterocycles. The van der Waals surface area contributed by atoms with Gasteiger partial charge in [0.15, 0.2) is 0 Å². The first kappa shape index (κ1) is 13.0. The molecule has 0 bridgehead atoms. The number of halogens is 4. The van der Waals surface area contributed by atoms with Crippen molar-refractivity contribution >= 4 is 21.7 Å². The van der Waals surface area contributed by atoms with Crippen LogP contribution in [0.25, 0.3) is 0 Å². The van der Waals surface area contributed by atoms with Gasteiger partial charge >= 0.3 is 6.18 Å². The summed E-state index contributed by atoms with van der Waals surface area (Å²) in [6, 6.07) is 2.45. The summed E-state index contributed by atoms with van der Waals surface area (Å²) in [5, 5.41) is 9.37. The number of hydrogen-bond donors (Lipinski definition) is 1. The maximum absolute atomic E-state index is 12.4. The van der Waals surface area contributed by atoms with E-state index in [2.05, 4.69) is 15.9 Å². The Hall–Kier alpha value is -1.04. The Labute approximate surface area is 98.2 Å². The van der Waals surface area contributed by atoms with Crippen LogP contribution < -0.4 is 0 Å². The van der Waals surface area contributed by atoms with Gasteiger partial charge in [0.25, 0.3) is 0 Å². The molecule has 1 rings (SSSR count). The average Bonchev–Trinajstić information content (AvgIpc) is 2.15. The lowest BCUT2D eigenvalue weighted by Gasteiger charge is -2.12. The van der Waals surface area contributed by atoms with Crippen molar-refractivity contribution in [2.75, 3.05) is 0 Å². The topological polar surface area (TPSA) is 37.3 Å². The molecule has 16 heavy (non-hydrogen) atoms. The van der Waals surface area contributed by atoms with Crippen molar-refractivity contribution in [2.24, 2.45) is 0 Å². The van der Waals surface area contributed by atoms with Gasteiger partial charge in [-0.25, -0.2) is 0 Å². The molecule has 2 nitrogen and oxygen atoms in total. The van der Waals surface area contributed by atoms with Crippen LogP contribution in [0.5, 0.6) is 5.75 Å². The highest BCUT2D eigenvalue weighted by atomic mass is 79.9. The lowest BCUT2D eigenvalue weighted by molar-refractivity contribution is -0.137. The molecule has 0 aliphatic rings. The summed E-state index contributed by atoms with van der Waals surface area (Å²) in [5.74, 6) is -0.723. The molecule has 1 atom stereocenters. The maximum Gasteiger partial charge on any atom is 0.416 e. The monoisotopic (exact) mass is 296 g/mol. The van der Waals surface area contributed by atoms with E-state index in [0.29, 0.717) is 0 Å². The summed E-state index contributed by atoms with van der Waals surface area (Å²) >= 11 is 2.93.